The number of methoxy groups -OCH3 is 1. The topological polar surface area (TPSA) is 56.1 Å². The van der Waals surface area contributed by atoms with Crippen molar-refractivity contribution < 1.29 is 9.53 Å². The van der Waals surface area contributed by atoms with Gasteiger partial charge in [0.15, 0.2) is 0 Å². The van der Waals surface area contributed by atoms with Gasteiger partial charge in [0.1, 0.15) is 5.75 Å². The van der Waals surface area contributed by atoms with Crippen LogP contribution in [-0.2, 0) is 11.2 Å². The monoisotopic (exact) mass is 349 g/mol. The first-order valence-electron chi connectivity index (χ1n) is 8.54. The van der Waals surface area contributed by atoms with Crippen molar-refractivity contribution in [3.05, 3.63) is 71.0 Å². The molecule has 3 rings (SSSR count). The van der Waals surface area contributed by atoms with Gasteiger partial charge in [-0.05, 0) is 50.6 Å². The van der Waals surface area contributed by atoms with Crippen LogP contribution in [0.5, 0.6) is 5.75 Å². The van der Waals surface area contributed by atoms with Crippen LogP contribution in [0.2, 0.25) is 0 Å². The van der Waals surface area contributed by atoms with Gasteiger partial charge in [-0.25, -0.2) is 4.68 Å². The number of hydrogen-bond acceptors (Lipinski definition) is 3. The van der Waals surface area contributed by atoms with Gasteiger partial charge in [-0.3, -0.25) is 4.79 Å². The third-order valence-electron chi connectivity index (χ3n) is 4.36. The fraction of sp³-hybridized carbons (Fsp3) is 0.238. The molecule has 1 amide bonds. The van der Waals surface area contributed by atoms with E-state index < -0.39 is 0 Å². The van der Waals surface area contributed by atoms with Crippen LogP contribution in [0.4, 0.5) is 5.69 Å². The summed E-state index contributed by atoms with van der Waals surface area (Å²) in [7, 11) is 1.62. The van der Waals surface area contributed by atoms with Gasteiger partial charge < -0.3 is 10.1 Å². The highest BCUT2D eigenvalue weighted by atomic mass is 16.5. The summed E-state index contributed by atoms with van der Waals surface area (Å²) < 4.78 is 7.00. The summed E-state index contributed by atoms with van der Waals surface area (Å²) in [4.78, 5) is 12.5. The Labute approximate surface area is 153 Å². The van der Waals surface area contributed by atoms with Crippen LogP contribution in [0.25, 0.3) is 5.69 Å². The summed E-state index contributed by atoms with van der Waals surface area (Å²) in [6.07, 6.45) is 0.304. The molecule has 2 aromatic carbocycles. The Bertz CT molecular complexity index is 910. The summed E-state index contributed by atoms with van der Waals surface area (Å²) in [6, 6.07) is 15.7. The zero-order valence-corrected chi connectivity index (χ0v) is 15.5. The molecule has 1 heterocycles. The Kier molecular flexibility index (Phi) is 5.07. The summed E-state index contributed by atoms with van der Waals surface area (Å²) in [5.41, 5.74) is 5.59. The Morgan fingerprint density at radius 2 is 1.69 bits per heavy atom. The molecule has 26 heavy (non-hydrogen) atoms. The highest BCUT2D eigenvalue weighted by Gasteiger charge is 2.15. The first-order chi connectivity index (χ1) is 12.5. The van der Waals surface area contributed by atoms with Gasteiger partial charge in [0.05, 0.1) is 36.3 Å². The lowest BCUT2D eigenvalue weighted by atomic mass is 10.1. The van der Waals surface area contributed by atoms with Gasteiger partial charge in [0.2, 0.25) is 5.91 Å². The smallest absolute Gasteiger partial charge is 0.228 e. The van der Waals surface area contributed by atoms with E-state index in [-0.39, 0.29) is 5.91 Å². The van der Waals surface area contributed by atoms with Crippen molar-refractivity contribution in [3.63, 3.8) is 0 Å². The lowest BCUT2D eigenvalue weighted by Gasteiger charge is -2.08. The van der Waals surface area contributed by atoms with E-state index in [0.717, 1.165) is 34.1 Å². The Morgan fingerprint density at radius 1 is 1.04 bits per heavy atom. The number of carbonyl (C=O) groups excluding carboxylic acids is 1. The molecule has 0 aliphatic heterocycles. The summed E-state index contributed by atoms with van der Waals surface area (Å²) >= 11 is 0. The van der Waals surface area contributed by atoms with E-state index in [1.165, 1.54) is 5.56 Å². The number of nitrogens with one attached hydrogen (secondary N) is 1. The molecule has 134 valence electrons. The third kappa shape index (κ3) is 3.77. The van der Waals surface area contributed by atoms with Crippen LogP contribution in [0.15, 0.2) is 48.5 Å². The SMILES string of the molecule is COc1ccc(CC(=O)Nc2c(C)nn(-c3ccc(C)cc3)c2C)cc1. The first-order valence-corrected chi connectivity index (χ1v) is 8.54. The largest absolute Gasteiger partial charge is 0.497 e. The summed E-state index contributed by atoms with van der Waals surface area (Å²) in [6.45, 7) is 5.92. The van der Waals surface area contributed by atoms with Gasteiger partial charge in [0.25, 0.3) is 0 Å². The van der Waals surface area contributed by atoms with Crippen LogP contribution >= 0.6 is 0 Å². The molecule has 0 spiro atoms. The number of aryl methyl sites for hydroxylation is 2. The van der Waals surface area contributed by atoms with E-state index in [1.807, 2.05) is 67.1 Å². The molecule has 5 heteroatoms. The molecule has 0 aliphatic carbocycles. The minimum atomic E-state index is -0.0650. The minimum Gasteiger partial charge on any atom is -0.497 e. The van der Waals surface area contributed by atoms with E-state index in [1.54, 1.807) is 7.11 Å². The van der Waals surface area contributed by atoms with E-state index in [4.69, 9.17) is 4.74 Å². The molecule has 3 aromatic rings. The Hall–Kier alpha value is -3.08. The van der Waals surface area contributed by atoms with E-state index in [2.05, 4.69) is 17.3 Å². The van der Waals surface area contributed by atoms with Crippen molar-refractivity contribution in [1.29, 1.82) is 0 Å². The molecule has 0 unspecified atom stereocenters. The molecule has 1 N–H and O–H groups in total. The number of carbonyl (C=O) groups is 1. The Balaban J connectivity index is 1.76. The lowest BCUT2D eigenvalue weighted by molar-refractivity contribution is -0.115. The zero-order chi connectivity index (χ0) is 18.7. The van der Waals surface area contributed by atoms with Crippen molar-refractivity contribution in [1.82, 2.24) is 9.78 Å². The maximum Gasteiger partial charge on any atom is 0.228 e. The van der Waals surface area contributed by atoms with E-state index >= 15 is 0 Å². The van der Waals surface area contributed by atoms with Crippen LogP contribution in [0, 0.1) is 20.8 Å². The second-order valence-corrected chi connectivity index (χ2v) is 6.37. The van der Waals surface area contributed by atoms with Crippen molar-refractivity contribution >= 4 is 11.6 Å². The van der Waals surface area contributed by atoms with Crippen molar-refractivity contribution in [2.24, 2.45) is 0 Å². The van der Waals surface area contributed by atoms with Gasteiger partial charge in [-0.2, -0.15) is 5.10 Å². The average Bonchev–Trinajstić information content (AvgIpc) is 2.91. The molecule has 0 radical (unpaired) electrons. The molecule has 0 saturated carbocycles. The maximum atomic E-state index is 12.5. The number of nitrogens with zero attached hydrogens (tertiary/aromatic N) is 2. The molecule has 0 aliphatic rings. The highest BCUT2D eigenvalue weighted by molar-refractivity contribution is 5.93. The first kappa shape index (κ1) is 17.7. The molecule has 0 fully saturated rings. The third-order valence-corrected chi connectivity index (χ3v) is 4.36. The standard InChI is InChI=1S/C21H23N3O2/c1-14-5-9-18(10-6-14)24-16(3)21(15(2)23-24)22-20(25)13-17-7-11-19(26-4)12-8-17/h5-12H,13H2,1-4H3,(H,22,25). The number of anilines is 1. The number of rotatable bonds is 5. The predicted octanol–water partition coefficient (Wildman–Crippen LogP) is 3.99. The molecule has 0 saturated heterocycles. The number of aromatic nitrogens is 2. The summed E-state index contributed by atoms with van der Waals surface area (Å²) in [5.74, 6) is 0.713. The van der Waals surface area contributed by atoms with Crippen LogP contribution in [0.3, 0.4) is 0 Å². The molecular weight excluding hydrogens is 326 g/mol. The maximum absolute atomic E-state index is 12.5. The van der Waals surface area contributed by atoms with Crippen LogP contribution < -0.4 is 10.1 Å². The normalized spacial score (nSPS) is 10.6. The van der Waals surface area contributed by atoms with Gasteiger partial charge >= 0.3 is 0 Å². The average molecular weight is 349 g/mol. The van der Waals surface area contributed by atoms with Gasteiger partial charge in [-0.15, -0.1) is 0 Å². The fourth-order valence-electron chi connectivity index (χ4n) is 2.87. The van der Waals surface area contributed by atoms with Crippen LogP contribution in [0.1, 0.15) is 22.5 Å². The summed E-state index contributed by atoms with van der Waals surface area (Å²) in [5, 5.41) is 7.58. The van der Waals surface area contributed by atoms with E-state index in [9.17, 15) is 4.79 Å². The molecule has 0 atom stereocenters. The number of hydrogen-bond donors (Lipinski definition) is 1. The zero-order valence-electron chi connectivity index (χ0n) is 15.5. The number of benzene rings is 2. The van der Waals surface area contributed by atoms with Crippen LogP contribution in [-0.4, -0.2) is 22.8 Å². The molecule has 1 aromatic heterocycles. The molecular formula is C21H23N3O2. The van der Waals surface area contributed by atoms with Gasteiger partial charge in [0, 0.05) is 0 Å². The highest BCUT2D eigenvalue weighted by Crippen LogP contribution is 2.23. The molecule has 5 nitrogen and oxygen atoms in total. The minimum absolute atomic E-state index is 0.0650. The van der Waals surface area contributed by atoms with Crippen molar-refractivity contribution in [2.45, 2.75) is 27.2 Å². The van der Waals surface area contributed by atoms with Crippen molar-refractivity contribution in [3.8, 4) is 11.4 Å². The Morgan fingerprint density at radius 3 is 2.31 bits per heavy atom. The second-order valence-electron chi connectivity index (χ2n) is 6.37. The molecule has 0 bridgehead atoms. The fourth-order valence-corrected chi connectivity index (χ4v) is 2.87. The van der Waals surface area contributed by atoms with Crippen molar-refractivity contribution in [2.75, 3.05) is 12.4 Å². The van der Waals surface area contributed by atoms with Gasteiger partial charge in [-0.1, -0.05) is 29.8 Å². The quantitative estimate of drug-likeness (QED) is 0.758. The van der Waals surface area contributed by atoms with E-state index in [0.29, 0.717) is 6.42 Å². The second kappa shape index (κ2) is 7.44. The number of ether oxygens (including phenoxy) is 1. The number of amides is 1. The predicted molar refractivity (Wildman–Crippen MR) is 103 cm³/mol. The lowest BCUT2D eigenvalue weighted by Crippen LogP contribution is -2.15.